The smallest absolute Gasteiger partial charge is 0.0346 e. The highest BCUT2D eigenvalue weighted by Crippen LogP contribution is 2.21. The molecule has 2 N–H and O–H groups in total. The maximum Gasteiger partial charge on any atom is 0.0346 e. The number of nitrogens with zero attached hydrogens (tertiary/aromatic N) is 2. The van der Waals surface area contributed by atoms with Gasteiger partial charge in [-0.25, -0.2) is 0 Å². The topological polar surface area (TPSA) is 32.5 Å². The average molecular weight is 273 g/mol. The molecule has 2 saturated heterocycles. The van der Waals surface area contributed by atoms with Gasteiger partial charge in [0.2, 0.25) is 0 Å². The summed E-state index contributed by atoms with van der Waals surface area (Å²) >= 11 is 0. The molecular formula is C17H27N3. The van der Waals surface area contributed by atoms with E-state index in [1.807, 2.05) is 12.1 Å². The quantitative estimate of drug-likeness (QED) is 0.855. The van der Waals surface area contributed by atoms with Crippen LogP contribution in [0.2, 0.25) is 0 Å². The number of aryl methyl sites for hydroxylation is 1. The van der Waals surface area contributed by atoms with E-state index >= 15 is 0 Å². The van der Waals surface area contributed by atoms with Gasteiger partial charge in [-0.3, -0.25) is 4.90 Å². The summed E-state index contributed by atoms with van der Waals surface area (Å²) in [5.74, 6) is 0. The Balaban J connectivity index is 1.47. The van der Waals surface area contributed by atoms with Gasteiger partial charge in [0.05, 0.1) is 0 Å². The number of nitrogen functional groups attached to an aromatic ring is 1. The van der Waals surface area contributed by atoms with Gasteiger partial charge in [-0.05, 0) is 69.9 Å². The van der Waals surface area contributed by atoms with E-state index in [9.17, 15) is 0 Å². The molecule has 1 unspecified atom stereocenters. The molecule has 0 saturated carbocycles. The lowest BCUT2D eigenvalue weighted by molar-refractivity contribution is 0.219. The van der Waals surface area contributed by atoms with Crippen LogP contribution in [-0.4, -0.2) is 48.6 Å². The summed E-state index contributed by atoms with van der Waals surface area (Å²) in [4.78, 5) is 5.38. The van der Waals surface area contributed by atoms with Gasteiger partial charge in [0, 0.05) is 18.3 Å². The second-order valence-corrected chi connectivity index (χ2v) is 6.29. The second kappa shape index (κ2) is 6.59. The highest BCUT2D eigenvalue weighted by Gasteiger charge is 2.28. The van der Waals surface area contributed by atoms with Crippen LogP contribution in [0.1, 0.15) is 31.2 Å². The molecule has 3 heteroatoms. The van der Waals surface area contributed by atoms with Crippen molar-refractivity contribution in [3.05, 3.63) is 29.8 Å². The Kier molecular flexibility index (Phi) is 4.58. The molecule has 1 aromatic rings. The third-order valence-electron chi connectivity index (χ3n) is 4.86. The van der Waals surface area contributed by atoms with Crippen molar-refractivity contribution in [2.45, 2.75) is 38.1 Å². The molecule has 0 amide bonds. The summed E-state index contributed by atoms with van der Waals surface area (Å²) in [6.07, 6.45) is 6.48. The molecule has 2 aliphatic heterocycles. The van der Waals surface area contributed by atoms with Gasteiger partial charge in [0.15, 0.2) is 0 Å². The molecule has 20 heavy (non-hydrogen) atoms. The highest BCUT2D eigenvalue weighted by molar-refractivity contribution is 5.46. The predicted octanol–water partition coefficient (Wildman–Crippen LogP) is 2.37. The summed E-state index contributed by atoms with van der Waals surface area (Å²) in [5, 5.41) is 0. The molecule has 0 radical (unpaired) electrons. The molecule has 2 aliphatic rings. The Morgan fingerprint density at radius 3 is 2.85 bits per heavy atom. The maximum atomic E-state index is 6.01. The van der Waals surface area contributed by atoms with Crippen LogP contribution >= 0.6 is 0 Å². The summed E-state index contributed by atoms with van der Waals surface area (Å²) < 4.78 is 0. The normalized spacial score (nSPS) is 24.5. The molecule has 2 fully saturated rings. The predicted molar refractivity (Wildman–Crippen MR) is 84.8 cm³/mol. The van der Waals surface area contributed by atoms with Crippen LogP contribution in [0.4, 0.5) is 5.69 Å². The molecule has 0 bridgehead atoms. The fourth-order valence-electron chi connectivity index (χ4n) is 3.74. The first kappa shape index (κ1) is 13.9. The van der Waals surface area contributed by atoms with Gasteiger partial charge in [-0.2, -0.15) is 0 Å². The summed E-state index contributed by atoms with van der Waals surface area (Å²) in [6.45, 7) is 6.42. The van der Waals surface area contributed by atoms with Crippen LogP contribution in [0, 0.1) is 0 Å². The minimum absolute atomic E-state index is 0.833. The van der Waals surface area contributed by atoms with Gasteiger partial charge >= 0.3 is 0 Å². The van der Waals surface area contributed by atoms with Gasteiger partial charge in [0.1, 0.15) is 0 Å². The molecule has 1 atom stereocenters. The number of anilines is 1. The molecular weight excluding hydrogens is 246 g/mol. The number of para-hydroxylation sites is 1. The van der Waals surface area contributed by atoms with Crippen molar-refractivity contribution in [2.24, 2.45) is 0 Å². The molecule has 3 rings (SSSR count). The van der Waals surface area contributed by atoms with E-state index in [1.54, 1.807) is 0 Å². The first-order chi connectivity index (χ1) is 9.83. The van der Waals surface area contributed by atoms with Crippen molar-refractivity contribution >= 4 is 5.69 Å². The molecule has 3 nitrogen and oxygen atoms in total. The Morgan fingerprint density at radius 1 is 1.10 bits per heavy atom. The van der Waals surface area contributed by atoms with Crippen molar-refractivity contribution in [2.75, 3.05) is 38.5 Å². The van der Waals surface area contributed by atoms with E-state index in [4.69, 9.17) is 5.73 Å². The zero-order valence-electron chi connectivity index (χ0n) is 12.4. The molecule has 2 heterocycles. The van der Waals surface area contributed by atoms with Crippen molar-refractivity contribution in [3.8, 4) is 0 Å². The van der Waals surface area contributed by atoms with Crippen molar-refractivity contribution in [1.29, 1.82) is 0 Å². The minimum atomic E-state index is 0.833. The van der Waals surface area contributed by atoms with Crippen LogP contribution in [0.25, 0.3) is 0 Å². The number of rotatable bonds is 4. The van der Waals surface area contributed by atoms with Crippen molar-refractivity contribution in [1.82, 2.24) is 9.80 Å². The summed E-state index contributed by atoms with van der Waals surface area (Å²) in [6, 6.07) is 9.11. The zero-order chi connectivity index (χ0) is 13.8. The monoisotopic (exact) mass is 273 g/mol. The molecule has 110 valence electrons. The zero-order valence-corrected chi connectivity index (χ0v) is 12.4. The SMILES string of the molecule is Nc1ccccc1CCCN1CCCN2CCCC2C1. The van der Waals surface area contributed by atoms with Gasteiger partial charge < -0.3 is 10.6 Å². The van der Waals surface area contributed by atoms with E-state index in [0.717, 1.165) is 18.2 Å². The number of hydrogen-bond donors (Lipinski definition) is 1. The first-order valence-electron chi connectivity index (χ1n) is 8.13. The molecule has 1 aromatic carbocycles. The lowest BCUT2D eigenvalue weighted by atomic mass is 10.1. The fourth-order valence-corrected chi connectivity index (χ4v) is 3.74. The average Bonchev–Trinajstić information content (AvgIpc) is 2.79. The van der Waals surface area contributed by atoms with Crippen LogP contribution in [0.15, 0.2) is 24.3 Å². The van der Waals surface area contributed by atoms with E-state index in [-0.39, 0.29) is 0 Å². The lowest BCUT2D eigenvalue weighted by Gasteiger charge is -2.25. The van der Waals surface area contributed by atoms with Crippen molar-refractivity contribution < 1.29 is 0 Å². The molecule has 0 aromatic heterocycles. The van der Waals surface area contributed by atoms with Crippen LogP contribution in [0.5, 0.6) is 0 Å². The third kappa shape index (κ3) is 3.33. The van der Waals surface area contributed by atoms with E-state index < -0.39 is 0 Å². The second-order valence-electron chi connectivity index (χ2n) is 6.29. The Morgan fingerprint density at radius 2 is 1.95 bits per heavy atom. The Hall–Kier alpha value is -1.06. The van der Waals surface area contributed by atoms with E-state index in [2.05, 4.69) is 21.9 Å². The van der Waals surface area contributed by atoms with Crippen LogP contribution in [-0.2, 0) is 6.42 Å². The molecule has 0 aliphatic carbocycles. The maximum absolute atomic E-state index is 6.01. The first-order valence-corrected chi connectivity index (χ1v) is 8.13. The van der Waals surface area contributed by atoms with Gasteiger partial charge in [-0.15, -0.1) is 0 Å². The standard InChI is InChI=1S/C17H27N3/c18-17-9-2-1-6-15(17)7-3-10-19-11-5-13-20-12-4-8-16(20)14-19/h1-2,6,9,16H,3-5,7-8,10-14,18H2. The molecule has 0 spiro atoms. The number of fused-ring (bicyclic) bond motifs is 1. The van der Waals surface area contributed by atoms with Crippen molar-refractivity contribution in [3.63, 3.8) is 0 Å². The van der Waals surface area contributed by atoms with E-state index in [1.165, 1.54) is 64.0 Å². The number of benzene rings is 1. The fraction of sp³-hybridized carbons (Fsp3) is 0.647. The highest BCUT2D eigenvalue weighted by atomic mass is 15.3. The largest absolute Gasteiger partial charge is 0.399 e. The number of nitrogens with two attached hydrogens (primary N) is 1. The van der Waals surface area contributed by atoms with Crippen LogP contribution < -0.4 is 5.73 Å². The van der Waals surface area contributed by atoms with E-state index in [0.29, 0.717) is 0 Å². The summed E-state index contributed by atoms with van der Waals surface area (Å²) in [7, 11) is 0. The number of hydrogen-bond acceptors (Lipinski definition) is 3. The Bertz CT molecular complexity index is 432. The van der Waals surface area contributed by atoms with Crippen LogP contribution in [0.3, 0.4) is 0 Å². The Labute approximate surface area is 122 Å². The minimum Gasteiger partial charge on any atom is -0.399 e. The lowest BCUT2D eigenvalue weighted by Crippen LogP contribution is -2.37. The van der Waals surface area contributed by atoms with Gasteiger partial charge in [-0.1, -0.05) is 18.2 Å². The van der Waals surface area contributed by atoms with Gasteiger partial charge in [0.25, 0.3) is 0 Å². The third-order valence-corrected chi connectivity index (χ3v) is 4.86. The summed E-state index contributed by atoms with van der Waals surface area (Å²) in [5.41, 5.74) is 8.27.